The average Bonchev–Trinajstić information content (AvgIpc) is 2.46. The van der Waals surface area contributed by atoms with Gasteiger partial charge < -0.3 is 14.8 Å². The first-order chi connectivity index (χ1) is 10.5. The fourth-order valence-corrected chi connectivity index (χ4v) is 2.24. The number of aryl methyl sites for hydroxylation is 2. The van der Waals surface area contributed by atoms with Gasteiger partial charge in [0.05, 0.1) is 12.8 Å². The van der Waals surface area contributed by atoms with E-state index < -0.39 is 0 Å². The summed E-state index contributed by atoms with van der Waals surface area (Å²) in [5, 5.41) is 3.25. The number of ether oxygens (including phenoxy) is 2. The van der Waals surface area contributed by atoms with Crippen LogP contribution in [0.1, 0.15) is 11.1 Å². The van der Waals surface area contributed by atoms with Gasteiger partial charge in [-0.15, -0.1) is 0 Å². The van der Waals surface area contributed by atoms with E-state index in [0.717, 1.165) is 11.1 Å². The number of carbonyl (C=O) groups is 1. The predicted molar refractivity (Wildman–Crippen MR) is 88.0 cm³/mol. The lowest BCUT2D eigenvalue weighted by Crippen LogP contribution is -2.20. The Morgan fingerprint density at radius 3 is 2.55 bits per heavy atom. The van der Waals surface area contributed by atoms with Crippen molar-refractivity contribution >= 4 is 23.2 Å². The Labute approximate surface area is 135 Å². The third-order valence-electron chi connectivity index (χ3n) is 3.12. The summed E-state index contributed by atoms with van der Waals surface area (Å²) in [4.78, 5) is 12.0. The van der Waals surface area contributed by atoms with Crippen molar-refractivity contribution in [3.8, 4) is 11.5 Å². The van der Waals surface area contributed by atoms with Gasteiger partial charge in [0.25, 0.3) is 5.91 Å². The number of benzene rings is 2. The van der Waals surface area contributed by atoms with Gasteiger partial charge in [-0.25, -0.2) is 0 Å². The van der Waals surface area contributed by atoms with Crippen molar-refractivity contribution in [2.75, 3.05) is 19.0 Å². The van der Waals surface area contributed by atoms with Gasteiger partial charge in [0.15, 0.2) is 6.61 Å². The van der Waals surface area contributed by atoms with E-state index >= 15 is 0 Å². The second kappa shape index (κ2) is 7.18. The molecule has 1 N–H and O–H groups in total. The maximum Gasteiger partial charge on any atom is 0.262 e. The van der Waals surface area contributed by atoms with Crippen LogP contribution in [0.4, 0.5) is 5.69 Å². The molecular weight excluding hydrogens is 302 g/mol. The molecule has 0 fully saturated rings. The fourth-order valence-electron chi connectivity index (χ4n) is 2.07. The Hall–Kier alpha value is -2.20. The Bertz CT molecular complexity index is 686. The minimum absolute atomic E-state index is 0.0838. The standard InChI is InChI=1S/C17H18ClNO3/c1-11-4-6-15(12(2)8-11)22-10-17(20)19-14-9-13(18)5-7-16(14)21-3/h4-9H,10H2,1-3H3,(H,19,20). The van der Waals surface area contributed by atoms with Crippen LogP contribution < -0.4 is 14.8 Å². The minimum Gasteiger partial charge on any atom is -0.495 e. The molecule has 1 amide bonds. The maximum atomic E-state index is 12.0. The number of hydrogen-bond donors (Lipinski definition) is 1. The summed E-state index contributed by atoms with van der Waals surface area (Å²) >= 11 is 5.93. The highest BCUT2D eigenvalue weighted by Gasteiger charge is 2.10. The summed E-state index contributed by atoms with van der Waals surface area (Å²) in [5.41, 5.74) is 2.66. The van der Waals surface area contributed by atoms with Gasteiger partial charge in [0.2, 0.25) is 0 Å². The highest BCUT2D eigenvalue weighted by molar-refractivity contribution is 6.31. The van der Waals surface area contributed by atoms with Gasteiger partial charge in [-0.2, -0.15) is 0 Å². The Balaban J connectivity index is 2.00. The lowest BCUT2D eigenvalue weighted by atomic mass is 10.1. The molecule has 0 aliphatic carbocycles. The van der Waals surface area contributed by atoms with E-state index in [-0.39, 0.29) is 12.5 Å². The van der Waals surface area contributed by atoms with E-state index in [0.29, 0.717) is 22.2 Å². The number of methoxy groups -OCH3 is 1. The molecule has 0 aliphatic rings. The van der Waals surface area contributed by atoms with E-state index in [4.69, 9.17) is 21.1 Å². The molecule has 0 atom stereocenters. The Kier molecular flexibility index (Phi) is 5.28. The number of anilines is 1. The van der Waals surface area contributed by atoms with Crippen molar-refractivity contribution in [2.45, 2.75) is 13.8 Å². The third-order valence-corrected chi connectivity index (χ3v) is 3.36. The van der Waals surface area contributed by atoms with Crippen LogP contribution in [0, 0.1) is 13.8 Å². The molecule has 0 saturated heterocycles. The quantitative estimate of drug-likeness (QED) is 0.906. The van der Waals surface area contributed by atoms with E-state index in [2.05, 4.69) is 5.32 Å². The van der Waals surface area contributed by atoms with Gasteiger partial charge in [0, 0.05) is 5.02 Å². The smallest absolute Gasteiger partial charge is 0.262 e. The van der Waals surface area contributed by atoms with Crippen molar-refractivity contribution in [1.82, 2.24) is 0 Å². The van der Waals surface area contributed by atoms with E-state index in [1.165, 1.54) is 7.11 Å². The average molecular weight is 320 g/mol. The summed E-state index contributed by atoms with van der Waals surface area (Å²) in [6.07, 6.45) is 0. The number of amides is 1. The third kappa shape index (κ3) is 4.15. The monoisotopic (exact) mass is 319 g/mol. The second-order valence-electron chi connectivity index (χ2n) is 4.95. The lowest BCUT2D eigenvalue weighted by Gasteiger charge is -2.12. The van der Waals surface area contributed by atoms with Crippen LogP contribution in [0.25, 0.3) is 0 Å². The summed E-state index contributed by atoms with van der Waals surface area (Å²) in [5.74, 6) is 0.962. The molecule has 0 heterocycles. The normalized spacial score (nSPS) is 10.2. The van der Waals surface area contributed by atoms with E-state index in [1.54, 1.807) is 18.2 Å². The zero-order valence-electron chi connectivity index (χ0n) is 12.8. The Morgan fingerprint density at radius 2 is 1.86 bits per heavy atom. The molecule has 116 valence electrons. The van der Waals surface area contributed by atoms with Crippen molar-refractivity contribution in [3.63, 3.8) is 0 Å². The van der Waals surface area contributed by atoms with Crippen LogP contribution in [0.5, 0.6) is 11.5 Å². The van der Waals surface area contributed by atoms with Crippen LogP contribution >= 0.6 is 11.6 Å². The van der Waals surface area contributed by atoms with Crippen molar-refractivity contribution < 1.29 is 14.3 Å². The first-order valence-electron chi connectivity index (χ1n) is 6.83. The van der Waals surface area contributed by atoms with Crippen molar-refractivity contribution in [2.24, 2.45) is 0 Å². The summed E-state index contributed by atoms with van der Waals surface area (Å²) in [6.45, 7) is 3.87. The minimum atomic E-state index is -0.277. The molecule has 22 heavy (non-hydrogen) atoms. The molecule has 2 rings (SSSR count). The summed E-state index contributed by atoms with van der Waals surface area (Å²) < 4.78 is 10.7. The zero-order valence-corrected chi connectivity index (χ0v) is 13.5. The molecule has 5 heteroatoms. The number of rotatable bonds is 5. The van der Waals surface area contributed by atoms with Crippen LogP contribution in [0.2, 0.25) is 5.02 Å². The van der Waals surface area contributed by atoms with Gasteiger partial charge in [0.1, 0.15) is 11.5 Å². The first-order valence-corrected chi connectivity index (χ1v) is 7.21. The van der Waals surface area contributed by atoms with Gasteiger partial charge in [-0.05, 0) is 43.7 Å². The second-order valence-corrected chi connectivity index (χ2v) is 5.39. The molecule has 0 aliphatic heterocycles. The maximum absolute atomic E-state index is 12.0. The van der Waals surface area contributed by atoms with Gasteiger partial charge in [-0.1, -0.05) is 29.3 Å². The molecule has 0 saturated carbocycles. The summed E-state index contributed by atoms with van der Waals surface area (Å²) in [6, 6.07) is 10.8. The molecule has 0 spiro atoms. The highest BCUT2D eigenvalue weighted by atomic mass is 35.5. The van der Waals surface area contributed by atoms with Crippen molar-refractivity contribution in [3.05, 3.63) is 52.5 Å². The first kappa shape index (κ1) is 16.2. The van der Waals surface area contributed by atoms with Gasteiger partial charge >= 0.3 is 0 Å². The van der Waals surface area contributed by atoms with E-state index in [9.17, 15) is 4.79 Å². The highest BCUT2D eigenvalue weighted by Crippen LogP contribution is 2.27. The van der Waals surface area contributed by atoms with E-state index in [1.807, 2.05) is 32.0 Å². The fraction of sp³-hybridized carbons (Fsp3) is 0.235. The summed E-state index contributed by atoms with van der Waals surface area (Å²) in [7, 11) is 1.53. The topological polar surface area (TPSA) is 47.6 Å². The largest absolute Gasteiger partial charge is 0.495 e. The molecule has 2 aromatic carbocycles. The molecule has 0 unspecified atom stereocenters. The number of carbonyl (C=O) groups excluding carboxylic acids is 1. The number of nitrogens with one attached hydrogen (secondary N) is 1. The molecular formula is C17H18ClNO3. The number of hydrogen-bond acceptors (Lipinski definition) is 3. The Morgan fingerprint density at radius 1 is 1.14 bits per heavy atom. The number of halogens is 1. The molecule has 0 bridgehead atoms. The van der Waals surface area contributed by atoms with Crippen LogP contribution in [0.15, 0.2) is 36.4 Å². The van der Waals surface area contributed by atoms with Crippen LogP contribution in [-0.2, 0) is 4.79 Å². The van der Waals surface area contributed by atoms with Gasteiger partial charge in [-0.3, -0.25) is 4.79 Å². The van der Waals surface area contributed by atoms with Crippen molar-refractivity contribution in [1.29, 1.82) is 0 Å². The zero-order chi connectivity index (χ0) is 16.1. The molecule has 4 nitrogen and oxygen atoms in total. The predicted octanol–water partition coefficient (Wildman–Crippen LogP) is 3.98. The lowest BCUT2D eigenvalue weighted by molar-refractivity contribution is -0.118. The van der Waals surface area contributed by atoms with Crippen LogP contribution in [0.3, 0.4) is 0 Å². The molecule has 0 radical (unpaired) electrons. The molecule has 0 aromatic heterocycles. The SMILES string of the molecule is COc1ccc(Cl)cc1NC(=O)COc1ccc(C)cc1C. The van der Waals surface area contributed by atoms with Crippen LogP contribution in [-0.4, -0.2) is 19.6 Å². The molecule has 2 aromatic rings.